The van der Waals surface area contributed by atoms with Gasteiger partial charge in [0.05, 0.1) is 51.1 Å². The van der Waals surface area contributed by atoms with E-state index >= 15 is 0 Å². The minimum absolute atomic E-state index is 0.0366. The average molecular weight is 1010 g/mol. The molecule has 3 amide bonds. The van der Waals surface area contributed by atoms with Gasteiger partial charge in [0, 0.05) is 37.7 Å². The standard InChI is InChI=1S/C53H66ClN9O7S/c1-33-47(71-32-58-33)35-14-12-34(13-15-35)43(29-62(7)8)60-49(66)44-26-40(64)28-63(44)50(67)48(52(2,3)4)61-45(65)31-68-22-10-9-11-23-69-46-36(27-55)24-38(25-42(46)54)53(5,6)37-16-18-41(19-17-37)70-30-39-20-21-57-51(56)59-39/h12-21,24-25,32,40,43-44,48,64H,9-11,22-23,26,28-31H2,1-8H3,(H,60,66)(H,61,65)(H2,56,57,59)/t40-,43+,44+,48-/m1/s1. The molecule has 0 aliphatic carbocycles. The van der Waals surface area contributed by atoms with Crippen LogP contribution >= 0.6 is 22.9 Å². The van der Waals surface area contributed by atoms with Crippen molar-refractivity contribution in [2.75, 3.05) is 52.7 Å². The summed E-state index contributed by atoms with van der Waals surface area (Å²) in [5.41, 5.74) is 12.0. The number of aliphatic hydroxyl groups is 1. The molecular formula is C53H66ClN9O7S. The number of hydrogen-bond acceptors (Lipinski definition) is 14. The molecule has 4 atom stereocenters. The lowest BCUT2D eigenvalue weighted by atomic mass is 9.77. The van der Waals surface area contributed by atoms with Gasteiger partial charge in [-0.05, 0) is 98.3 Å². The second-order valence-electron chi connectivity index (χ2n) is 19.7. The van der Waals surface area contributed by atoms with E-state index in [1.165, 1.54) is 4.90 Å². The van der Waals surface area contributed by atoms with Crippen molar-refractivity contribution in [2.24, 2.45) is 5.41 Å². The largest absolute Gasteiger partial charge is 0.491 e. The van der Waals surface area contributed by atoms with Crippen molar-refractivity contribution in [3.8, 4) is 28.0 Å². The number of likely N-dealkylation sites (N-methyl/N-ethyl adjacent to an activating group) is 1. The van der Waals surface area contributed by atoms with E-state index in [1.807, 2.05) is 107 Å². The number of aliphatic hydroxyl groups excluding tert-OH is 1. The minimum atomic E-state index is -0.989. The number of anilines is 1. The number of likely N-dealkylation sites (tertiary alicyclic amines) is 1. The molecule has 1 aliphatic heterocycles. The van der Waals surface area contributed by atoms with Crippen LogP contribution in [-0.4, -0.2) is 113 Å². The molecule has 18 heteroatoms. The molecule has 1 aliphatic rings. The molecule has 3 heterocycles. The zero-order valence-corrected chi connectivity index (χ0v) is 43.4. The Morgan fingerprint density at radius 3 is 2.34 bits per heavy atom. The third kappa shape index (κ3) is 14.5. The number of unbranched alkanes of at least 4 members (excludes halogenated alkanes) is 2. The van der Waals surface area contributed by atoms with Crippen LogP contribution in [0.25, 0.3) is 10.4 Å². The maximum absolute atomic E-state index is 14.2. The fourth-order valence-electron chi connectivity index (χ4n) is 8.43. The number of amides is 3. The zero-order chi connectivity index (χ0) is 51.5. The van der Waals surface area contributed by atoms with E-state index in [-0.39, 0.29) is 44.1 Å². The molecule has 0 unspecified atom stereocenters. The highest BCUT2D eigenvalue weighted by Crippen LogP contribution is 2.39. The fourth-order valence-corrected chi connectivity index (χ4v) is 9.51. The Kier molecular flexibility index (Phi) is 18.5. The summed E-state index contributed by atoms with van der Waals surface area (Å²) in [6, 6.07) is 21.0. The lowest BCUT2D eigenvalue weighted by Gasteiger charge is -2.35. The maximum Gasteiger partial charge on any atom is 0.246 e. The van der Waals surface area contributed by atoms with Crippen LogP contribution in [-0.2, 0) is 31.1 Å². The Balaban J connectivity index is 0.953. The number of thiazole rings is 1. The molecular weight excluding hydrogens is 942 g/mol. The fraction of sp³-hybridized carbons (Fsp3) is 0.453. The van der Waals surface area contributed by atoms with E-state index in [1.54, 1.807) is 29.7 Å². The molecule has 0 saturated carbocycles. The lowest BCUT2D eigenvalue weighted by molar-refractivity contribution is -0.144. The number of aromatic nitrogens is 3. The number of nitrogen functional groups attached to an aromatic ring is 1. The first-order valence-corrected chi connectivity index (χ1v) is 25.0. The molecule has 378 valence electrons. The van der Waals surface area contributed by atoms with Gasteiger partial charge in [0.15, 0.2) is 5.75 Å². The molecule has 1 fully saturated rings. The Hall–Kier alpha value is -6.16. The van der Waals surface area contributed by atoms with Crippen molar-refractivity contribution in [3.05, 3.63) is 117 Å². The summed E-state index contributed by atoms with van der Waals surface area (Å²) in [7, 11) is 3.85. The predicted molar refractivity (Wildman–Crippen MR) is 275 cm³/mol. The topological polar surface area (TPSA) is 218 Å². The number of carbonyl (C=O) groups excluding carboxylic acids is 3. The second-order valence-corrected chi connectivity index (χ2v) is 21.0. The highest BCUT2D eigenvalue weighted by atomic mass is 35.5. The van der Waals surface area contributed by atoms with Crippen molar-refractivity contribution < 1.29 is 33.7 Å². The van der Waals surface area contributed by atoms with Crippen molar-refractivity contribution >= 4 is 46.6 Å². The third-order valence-electron chi connectivity index (χ3n) is 12.5. The van der Waals surface area contributed by atoms with Gasteiger partial charge >= 0.3 is 0 Å². The van der Waals surface area contributed by atoms with Gasteiger partial charge in [0.2, 0.25) is 23.7 Å². The number of halogens is 1. The molecule has 3 aromatic carbocycles. The van der Waals surface area contributed by atoms with Crippen LogP contribution in [0.4, 0.5) is 5.95 Å². The summed E-state index contributed by atoms with van der Waals surface area (Å²) in [6.45, 7) is 12.7. The van der Waals surface area contributed by atoms with Crippen LogP contribution in [0.15, 0.2) is 78.4 Å². The van der Waals surface area contributed by atoms with Crippen molar-refractivity contribution in [1.29, 1.82) is 5.26 Å². The lowest BCUT2D eigenvalue weighted by Crippen LogP contribution is -2.58. The van der Waals surface area contributed by atoms with Crippen LogP contribution in [0.1, 0.15) is 100.0 Å². The number of ether oxygens (including phenoxy) is 3. The molecule has 0 bridgehead atoms. The van der Waals surface area contributed by atoms with Crippen LogP contribution < -0.4 is 25.8 Å². The van der Waals surface area contributed by atoms with Gasteiger partial charge in [0.1, 0.15) is 37.1 Å². The van der Waals surface area contributed by atoms with Crippen molar-refractivity contribution in [3.63, 3.8) is 0 Å². The van der Waals surface area contributed by atoms with Crippen molar-refractivity contribution in [2.45, 2.75) is 103 Å². The number of nitrogens with one attached hydrogen (secondary N) is 2. The molecule has 6 rings (SSSR count). The normalized spacial score (nSPS) is 15.8. The Bertz CT molecular complexity index is 2650. The summed E-state index contributed by atoms with van der Waals surface area (Å²) in [5.74, 6) is -0.116. The predicted octanol–water partition coefficient (Wildman–Crippen LogP) is 7.40. The number of benzene rings is 3. The van der Waals surface area contributed by atoms with E-state index in [2.05, 4.69) is 45.5 Å². The maximum atomic E-state index is 14.2. The third-order valence-corrected chi connectivity index (χ3v) is 13.7. The van der Waals surface area contributed by atoms with Gasteiger partial charge in [-0.3, -0.25) is 14.4 Å². The molecule has 2 aromatic heterocycles. The van der Waals surface area contributed by atoms with E-state index in [0.29, 0.717) is 60.4 Å². The molecule has 0 radical (unpaired) electrons. The second kappa shape index (κ2) is 24.3. The van der Waals surface area contributed by atoms with E-state index in [4.69, 9.17) is 31.5 Å². The van der Waals surface area contributed by atoms with Gasteiger partial charge in [-0.1, -0.05) is 82.6 Å². The van der Waals surface area contributed by atoms with Gasteiger partial charge in [-0.15, -0.1) is 11.3 Å². The van der Waals surface area contributed by atoms with E-state index < -0.39 is 40.8 Å². The summed E-state index contributed by atoms with van der Waals surface area (Å²) in [5, 5.41) is 27.2. The molecule has 1 saturated heterocycles. The van der Waals surface area contributed by atoms with E-state index in [9.17, 15) is 24.8 Å². The average Bonchev–Trinajstić information content (AvgIpc) is 3.95. The number of nitrogens with two attached hydrogens (primary N) is 1. The smallest absolute Gasteiger partial charge is 0.246 e. The monoisotopic (exact) mass is 1010 g/mol. The van der Waals surface area contributed by atoms with Crippen molar-refractivity contribution in [1.82, 2.24) is 35.4 Å². The van der Waals surface area contributed by atoms with Gasteiger partial charge < -0.3 is 45.5 Å². The molecule has 16 nitrogen and oxygen atoms in total. The first-order chi connectivity index (χ1) is 33.7. The minimum Gasteiger partial charge on any atom is -0.491 e. The molecule has 5 aromatic rings. The molecule has 0 spiro atoms. The first-order valence-electron chi connectivity index (χ1n) is 23.7. The van der Waals surface area contributed by atoms with Gasteiger partial charge in [-0.2, -0.15) is 5.26 Å². The van der Waals surface area contributed by atoms with Crippen LogP contribution in [0, 0.1) is 23.7 Å². The number of carbonyl (C=O) groups is 3. The summed E-state index contributed by atoms with van der Waals surface area (Å²) >= 11 is 8.32. The number of aryl methyl sites for hydroxylation is 1. The van der Waals surface area contributed by atoms with Crippen LogP contribution in [0.5, 0.6) is 11.5 Å². The SMILES string of the molecule is Cc1ncsc1-c1ccc([C@H](CN(C)C)NC(=O)[C@@H]2C[C@@H](O)CN2C(=O)[C@@H](NC(=O)COCCCCCOc2c(Cl)cc(C(C)(C)c3ccc(OCc4ccnc(N)n4)cc3)cc2C#N)C(C)(C)C)cc1. The van der Waals surface area contributed by atoms with Crippen LogP contribution in [0.3, 0.4) is 0 Å². The summed E-state index contributed by atoms with van der Waals surface area (Å²) in [4.78, 5) is 58.4. The first kappa shape index (κ1) is 54.2. The van der Waals surface area contributed by atoms with Crippen LogP contribution in [0.2, 0.25) is 5.02 Å². The molecule has 71 heavy (non-hydrogen) atoms. The van der Waals surface area contributed by atoms with Gasteiger partial charge in [-0.25, -0.2) is 15.0 Å². The number of β-amino-alcohol motifs (C(OH)–C–C–N with tert-alkyl or cyclic N) is 1. The number of hydrogen-bond donors (Lipinski definition) is 4. The highest BCUT2D eigenvalue weighted by molar-refractivity contribution is 7.13. The number of nitrogens with zero attached hydrogens (tertiary/aromatic N) is 6. The highest BCUT2D eigenvalue weighted by Gasteiger charge is 2.45. The Morgan fingerprint density at radius 1 is 0.972 bits per heavy atom. The Labute approximate surface area is 425 Å². The zero-order valence-electron chi connectivity index (χ0n) is 41.8. The van der Waals surface area contributed by atoms with Gasteiger partial charge in [0.25, 0.3) is 0 Å². The summed E-state index contributed by atoms with van der Waals surface area (Å²) < 4.78 is 17.6. The number of rotatable bonds is 22. The Morgan fingerprint density at radius 2 is 1.69 bits per heavy atom. The van der Waals surface area contributed by atoms with E-state index in [0.717, 1.165) is 39.2 Å². The number of nitriles is 1. The quantitative estimate of drug-likeness (QED) is 0.0498. The summed E-state index contributed by atoms with van der Waals surface area (Å²) in [6.07, 6.45) is 2.76. The molecule has 5 N–H and O–H groups in total.